The van der Waals surface area contributed by atoms with Crippen LogP contribution in [0.1, 0.15) is 120 Å². The number of benzene rings is 3. The van der Waals surface area contributed by atoms with Gasteiger partial charge in [-0.2, -0.15) is 29.9 Å². The molecule has 0 bridgehead atoms. The molecule has 9 heterocycles. The van der Waals surface area contributed by atoms with Gasteiger partial charge in [-0.25, -0.2) is 43.1 Å². The molecule has 10 atom stereocenters. The summed E-state index contributed by atoms with van der Waals surface area (Å²) in [5.74, 6) is 2.52. The summed E-state index contributed by atoms with van der Waals surface area (Å²) < 4.78 is 63.5. The van der Waals surface area contributed by atoms with E-state index in [1.165, 1.54) is 12.1 Å². The summed E-state index contributed by atoms with van der Waals surface area (Å²) in [6, 6.07) is 5.05. The predicted molar refractivity (Wildman–Crippen MR) is 354 cm³/mol. The highest BCUT2D eigenvalue weighted by Crippen LogP contribution is 2.53. The lowest BCUT2D eigenvalue weighted by atomic mass is 9.73. The molecule has 25 nitrogen and oxygen atoms in total. The van der Waals surface area contributed by atoms with Gasteiger partial charge >= 0.3 is 18.0 Å². The lowest BCUT2D eigenvalue weighted by Crippen LogP contribution is -2.38. The summed E-state index contributed by atoms with van der Waals surface area (Å²) >= 11 is 0. The number of nitrogens with one attached hydrogen (secondary N) is 6. The molecule has 3 fully saturated rings. The Morgan fingerprint density at radius 1 is 0.402 bits per heavy atom. The highest BCUT2D eigenvalue weighted by atomic mass is 19.1. The number of hydrogen-bond acceptors (Lipinski definition) is 22. The number of rotatable bonds is 9. The van der Waals surface area contributed by atoms with Crippen LogP contribution >= 0.6 is 0 Å². The van der Waals surface area contributed by atoms with Crippen LogP contribution in [-0.4, -0.2) is 141 Å². The number of halogens is 3. The van der Waals surface area contributed by atoms with Crippen molar-refractivity contribution in [2.75, 3.05) is 37.1 Å². The largest absolute Gasteiger partial charge is 0.421 e. The van der Waals surface area contributed by atoms with E-state index in [-0.39, 0.29) is 77.1 Å². The van der Waals surface area contributed by atoms with Crippen LogP contribution in [-0.2, 0) is 19.3 Å². The Morgan fingerprint density at radius 3 is 1.14 bits per heavy atom. The Bertz CT molecular complexity index is 5100. The van der Waals surface area contributed by atoms with Gasteiger partial charge in [0.15, 0.2) is 17.2 Å². The first-order valence-electron chi connectivity index (χ1n) is 32.7. The minimum Gasteiger partial charge on any atom is -0.421 e. The molecule has 498 valence electrons. The average Bonchev–Trinajstić information content (AvgIpc) is 1.59. The SMILES string of the molecule is CNc1cc(F)c2c3c1[nH]c1nc(Oc4cnc(C)nc4)nc(c13)[C@H]1CC[C@@H](O)C[C@@H]1C2.CNc1cc(F)c2c3c1[nH]c1nc(Oc4cnc(C)nc4)nc(c13)[C@H]1C[C@@H](O)CC[C@@H]1C2.CNc1cc(F)c2c3c1[nH]c1nc(Oc4cnc(C)nc4)nc(c13)[C@H]1C[C@@H](O)[C@@H](O)C[C@@H]1C2. The lowest BCUT2D eigenvalue weighted by Gasteiger charge is -2.36. The van der Waals surface area contributed by atoms with E-state index in [1.54, 1.807) is 85.2 Å². The van der Waals surface area contributed by atoms with Gasteiger partial charge in [0, 0.05) is 71.2 Å². The van der Waals surface area contributed by atoms with Gasteiger partial charge < -0.3 is 65.5 Å². The molecule has 0 aliphatic heterocycles. The van der Waals surface area contributed by atoms with E-state index in [2.05, 4.69) is 75.8 Å². The Kier molecular flexibility index (Phi) is 15.5. The van der Waals surface area contributed by atoms with E-state index in [1.807, 2.05) is 0 Å². The van der Waals surface area contributed by atoms with Crippen LogP contribution in [0.4, 0.5) is 30.2 Å². The Balaban J connectivity index is 0.000000114. The molecule has 18 rings (SSSR count). The zero-order chi connectivity index (χ0) is 66.8. The van der Waals surface area contributed by atoms with Crippen molar-refractivity contribution in [3.63, 3.8) is 0 Å². The summed E-state index contributed by atoms with van der Waals surface area (Å²) in [4.78, 5) is 63.2. The van der Waals surface area contributed by atoms with Crippen molar-refractivity contribution in [2.45, 2.75) is 134 Å². The fraction of sp³-hybridized carbons (Fsp3) is 0.391. The zero-order valence-corrected chi connectivity index (χ0v) is 53.8. The van der Waals surface area contributed by atoms with Crippen molar-refractivity contribution in [3.8, 4) is 35.3 Å². The minimum absolute atomic E-state index is 0.00953. The fourth-order valence-corrected chi connectivity index (χ4v) is 16.0. The number of aliphatic hydroxyl groups is 4. The van der Waals surface area contributed by atoms with E-state index in [4.69, 9.17) is 29.2 Å². The molecule has 9 aromatic heterocycles. The molecule has 0 saturated heterocycles. The zero-order valence-electron chi connectivity index (χ0n) is 53.8. The first-order valence-corrected chi connectivity index (χ1v) is 32.7. The summed E-state index contributed by atoms with van der Waals surface area (Å²) in [6.07, 6.45) is 13.5. The maximum absolute atomic E-state index is 15.3. The number of hydrogen-bond donors (Lipinski definition) is 10. The molecule has 0 amide bonds. The lowest BCUT2D eigenvalue weighted by molar-refractivity contribution is -0.0339. The number of anilines is 3. The second-order valence-electron chi connectivity index (χ2n) is 26.3. The summed E-state index contributed by atoms with van der Waals surface area (Å²) in [5.41, 5.74) is 10.4. The maximum Gasteiger partial charge on any atom is 0.324 e. The average molecular weight is 1320 g/mol. The van der Waals surface area contributed by atoms with Crippen LogP contribution in [0.3, 0.4) is 0 Å². The Labute approximate surface area is 551 Å². The maximum atomic E-state index is 15.3. The number of nitrogens with zero attached hydrogens (tertiary/aromatic N) is 12. The number of aromatic nitrogens is 15. The van der Waals surface area contributed by atoms with Crippen LogP contribution in [0.15, 0.2) is 55.4 Å². The topological polar surface area (TPSA) is 347 Å². The number of ether oxygens (including phenoxy) is 3. The van der Waals surface area contributed by atoms with Crippen molar-refractivity contribution >= 4 is 82.9 Å². The molecule has 28 heteroatoms. The number of aliphatic hydroxyl groups excluding tert-OH is 4. The highest BCUT2D eigenvalue weighted by Gasteiger charge is 2.44. The van der Waals surface area contributed by atoms with Crippen LogP contribution in [0.5, 0.6) is 35.3 Å². The molecule has 97 heavy (non-hydrogen) atoms. The Morgan fingerprint density at radius 2 is 0.742 bits per heavy atom. The van der Waals surface area contributed by atoms with Crippen LogP contribution in [0, 0.1) is 56.0 Å². The van der Waals surface area contributed by atoms with Gasteiger partial charge in [-0.1, -0.05) is 0 Å². The molecule has 3 aromatic carbocycles. The second kappa shape index (κ2) is 24.3. The smallest absolute Gasteiger partial charge is 0.324 e. The van der Waals surface area contributed by atoms with E-state index in [9.17, 15) is 20.4 Å². The molecule has 12 aromatic rings. The van der Waals surface area contributed by atoms with Gasteiger partial charge in [0.1, 0.15) is 51.9 Å². The second-order valence-corrected chi connectivity index (χ2v) is 26.3. The van der Waals surface area contributed by atoms with Crippen molar-refractivity contribution in [2.24, 2.45) is 17.8 Å². The van der Waals surface area contributed by atoms with Gasteiger partial charge in [0.2, 0.25) is 0 Å². The third-order valence-corrected chi connectivity index (χ3v) is 20.5. The van der Waals surface area contributed by atoms with E-state index in [0.717, 1.165) is 79.5 Å². The normalized spacial score (nSPS) is 22.9. The van der Waals surface area contributed by atoms with E-state index in [0.29, 0.717) is 142 Å². The fourth-order valence-electron chi connectivity index (χ4n) is 16.0. The molecular formula is C69H69F3N18O7. The molecule has 3 saturated carbocycles. The Hall–Kier alpha value is -10.0. The standard InChI is InChI=1S/C23H23FN6O3.2C23H23FN6O2/c1-9-26-7-11(8-27-9)33-23-29-20-12-5-17(32)16(31)4-10(12)3-13-14(24)6-15(25-2)21-18(13)19(20)22(28-21)30-23;1-10-26-8-13(9-27-10)32-23-29-20-14-4-3-12(31)5-11(14)6-15-16(24)7-17(25-2)21-18(15)19(20)22(28-21)30-23;1-10-26-8-13(9-27-10)32-23-29-20-14-6-12(31)4-3-11(14)5-15-16(24)7-17(25-2)21-18(15)19(20)22(28-21)30-23/h6-8,10,12,16-17,25,31-32H,3-5H2,1-2H3,(H,28,29,30);2*7-9,11-12,14,25,31H,3-6H2,1-2H3,(H,28,29,30)/t10-,12-,16-,17+;11-,12-,14+;11-,12+,14+/m011/s1. The summed E-state index contributed by atoms with van der Waals surface area (Å²) in [7, 11) is 5.28. The van der Waals surface area contributed by atoms with Crippen LogP contribution in [0.25, 0.3) is 65.8 Å². The molecule has 6 aliphatic rings. The molecular weight excluding hydrogens is 1250 g/mol. The minimum atomic E-state index is -0.875. The molecule has 0 spiro atoms. The van der Waals surface area contributed by atoms with Gasteiger partial charge in [0.05, 0.1) is 112 Å². The molecule has 6 aliphatic carbocycles. The quantitative estimate of drug-likeness (QED) is 0.0642. The molecule has 10 N–H and O–H groups in total. The first kappa shape index (κ1) is 61.8. The monoisotopic (exact) mass is 1320 g/mol. The summed E-state index contributed by atoms with van der Waals surface area (Å²) in [6.45, 7) is 5.39. The van der Waals surface area contributed by atoms with E-state index >= 15 is 13.2 Å². The third-order valence-electron chi connectivity index (χ3n) is 20.5. The first-order chi connectivity index (χ1) is 46.9. The molecule has 0 radical (unpaired) electrons. The highest BCUT2D eigenvalue weighted by molar-refractivity contribution is 6.15. The number of H-pyrrole nitrogens is 3. The van der Waals surface area contributed by atoms with Crippen molar-refractivity contribution in [1.82, 2.24) is 74.8 Å². The van der Waals surface area contributed by atoms with Crippen molar-refractivity contribution in [1.29, 1.82) is 0 Å². The van der Waals surface area contributed by atoms with Crippen molar-refractivity contribution < 1.29 is 47.8 Å². The number of aryl methyl sites for hydroxylation is 3. The van der Waals surface area contributed by atoms with Crippen LogP contribution < -0.4 is 30.2 Å². The predicted octanol–water partition coefficient (Wildman–Crippen LogP) is 10.9. The number of fused-ring (bicyclic) bond motifs is 6. The summed E-state index contributed by atoms with van der Waals surface area (Å²) in [5, 5.41) is 55.6. The number of aromatic amines is 3. The van der Waals surface area contributed by atoms with Crippen LogP contribution in [0.2, 0.25) is 0 Å². The molecule has 0 unspecified atom stereocenters. The van der Waals surface area contributed by atoms with Crippen molar-refractivity contribution in [3.05, 3.63) is 124 Å². The van der Waals surface area contributed by atoms with Gasteiger partial charge in [-0.05, 0) is 144 Å². The van der Waals surface area contributed by atoms with Gasteiger partial charge in [-0.15, -0.1) is 0 Å². The third kappa shape index (κ3) is 10.9. The van der Waals surface area contributed by atoms with Gasteiger partial charge in [-0.3, -0.25) is 0 Å². The van der Waals surface area contributed by atoms with Gasteiger partial charge in [0.25, 0.3) is 0 Å². The van der Waals surface area contributed by atoms with E-state index < -0.39 is 18.3 Å².